The van der Waals surface area contributed by atoms with E-state index in [0.717, 1.165) is 5.01 Å². The molecular formula is C15H16N6O4S. The molecule has 0 unspecified atom stereocenters. The Hall–Kier alpha value is -2.92. The lowest BCUT2D eigenvalue weighted by Crippen LogP contribution is -2.30. The van der Waals surface area contributed by atoms with Crippen molar-refractivity contribution in [3.05, 3.63) is 44.2 Å². The third kappa shape index (κ3) is 4.18. The minimum Gasteiger partial charge on any atom is -0.384 e. The Morgan fingerprint density at radius 1 is 1.42 bits per heavy atom. The van der Waals surface area contributed by atoms with Crippen LogP contribution in [0.1, 0.15) is 27.1 Å². The first-order valence-corrected chi connectivity index (χ1v) is 8.55. The quantitative estimate of drug-likeness (QED) is 0.615. The van der Waals surface area contributed by atoms with Gasteiger partial charge in [0.2, 0.25) is 5.89 Å². The first kappa shape index (κ1) is 17.9. The maximum Gasteiger partial charge on any atom is 0.264 e. The van der Waals surface area contributed by atoms with Crippen molar-refractivity contribution in [3.63, 3.8) is 0 Å². The van der Waals surface area contributed by atoms with Crippen molar-refractivity contribution in [2.45, 2.75) is 19.9 Å². The van der Waals surface area contributed by atoms with Crippen molar-refractivity contribution in [2.75, 3.05) is 13.7 Å². The van der Waals surface area contributed by atoms with Crippen molar-refractivity contribution in [3.8, 4) is 11.5 Å². The number of hydrogen-bond donors (Lipinski definition) is 2. The molecule has 0 fully saturated rings. The Labute approximate surface area is 151 Å². The van der Waals surface area contributed by atoms with Gasteiger partial charge >= 0.3 is 0 Å². The van der Waals surface area contributed by atoms with Gasteiger partial charge in [-0.25, -0.2) is 9.97 Å². The molecule has 3 heterocycles. The summed E-state index contributed by atoms with van der Waals surface area (Å²) in [6.07, 6.45) is 1.71. The Kier molecular flexibility index (Phi) is 5.49. The van der Waals surface area contributed by atoms with Gasteiger partial charge < -0.3 is 19.6 Å². The third-order valence-electron chi connectivity index (χ3n) is 3.34. The van der Waals surface area contributed by atoms with E-state index in [4.69, 9.17) is 9.26 Å². The van der Waals surface area contributed by atoms with Gasteiger partial charge in [-0.05, 0) is 6.92 Å². The highest BCUT2D eigenvalue weighted by atomic mass is 32.1. The first-order chi connectivity index (χ1) is 12.6. The molecule has 0 bridgehead atoms. The standard InChI is InChI=1S/C15H16N6O4S/c1-8-18-10(7-26-8)13-16-5-9(15(23)20-13)14(22)17-6-11-19-12(25-21-11)3-4-24-2/h5,7H,3-4,6H2,1-2H3,(H,17,22)(H,16,20,23). The summed E-state index contributed by atoms with van der Waals surface area (Å²) in [4.78, 5) is 39.4. The normalized spacial score (nSPS) is 10.8. The van der Waals surface area contributed by atoms with E-state index in [1.165, 1.54) is 17.5 Å². The van der Waals surface area contributed by atoms with Gasteiger partial charge in [-0.3, -0.25) is 9.59 Å². The summed E-state index contributed by atoms with van der Waals surface area (Å²) in [7, 11) is 1.57. The third-order valence-corrected chi connectivity index (χ3v) is 4.12. The minimum atomic E-state index is -0.581. The van der Waals surface area contributed by atoms with E-state index in [0.29, 0.717) is 36.3 Å². The summed E-state index contributed by atoms with van der Waals surface area (Å²) >= 11 is 1.45. The number of thiazole rings is 1. The van der Waals surface area contributed by atoms with Crippen LogP contribution in [0.2, 0.25) is 0 Å². The van der Waals surface area contributed by atoms with Crippen molar-refractivity contribution in [1.29, 1.82) is 0 Å². The molecule has 0 saturated heterocycles. The predicted molar refractivity (Wildman–Crippen MR) is 91.8 cm³/mol. The lowest BCUT2D eigenvalue weighted by molar-refractivity contribution is 0.0947. The molecule has 3 rings (SSSR count). The van der Waals surface area contributed by atoms with Crippen LogP contribution in [0.15, 0.2) is 20.9 Å². The average Bonchev–Trinajstić information content (AvgIpc) is 3.26. The SMILES string of the molecule is COCCc1nc(CNC(=O)c2cnc(-c3csc(C)n3)[nH]c2=O)no1. The zero-order valence-electron chi connectivity index (χ0n) is 14.1. The van der Waals surface area contributed by atoms with E-state index in [-0.39, 0.29) is 12.1 Å². The molecule has 0 aliphatic carbocycles. The van der Waals surface area contributed by atoms with Crippen molar-refractivity contribution in [1.82, 2.24) is 30.4 Å². The summed E-state index contributed by atoms with van der Waals surface area (Å²) in [5, 5.41) is 8.95. The van der Waals surface area contributed by atoms with Gasteiger partial charge in [0.05, 0.1) is 24.6 Å². The highest BCUT2D eigenvalue weighted by molar-refractivity contribution is 7.09. The van der Waals surface area contributed by atoms with Crippen LogP contribution in [0.5, 0.6) is 0 Å². The fourth-order valence-electron chi connectivity index (χ4n) is 2.07. The van der Waals surface area contributed by atoms with Crippen molar-refractivity contribution < 1.29 is 14.1 Å². The predicted octanol–water partition coefficient (Wildman–Crippen LogP) is 0.704. The van der Waals surface area contributed by atoms with Crippen LogP contribution < -0.4 is 10.9 Å². The number of ether oxygens (including phenoxy) is 1. The molecule has 0 aromatic carbocycles. The molecule has 0 saturated carbocycles. The number of H-pyrrole nitrogens is 1. The molecule has 0 aliphatic heterocycles. The van der Waals surface area contributed by atoms with Gasteiger partial charge in [-0.2, -0.15) is 4.98 Å². The summed E-state index contributed by atoms with van der Waals surface area (Å²) in [6.45, 7) is 2.34. The maximum atomic E-state index is 12.2. The zero-order valence-corrected chi connectivity index (χ0v) is 14.9. The second kappa shape index (κ2) is 7.97. The monoisotopic (exact) mass is 376 g/mol. The molecule has 3 aromatic rings. The lowest BCUT2D eigenvalue weighted by Gasteiger charge is -2.02. The topological polar surface area (TPSA) is 136 Å². The Balaban J connectivity index is 1.64. The molecular weight excluding hydrogens is 360 g/mol. The maximum absolute atomic E-state index is 12.2. The lowest BCUT2D eigenvalue weighted by atomic mass is 10.3. The number of nitrogens with one attached hydrogen (secondary N) is 2. The highest BCUT2D eigenvalue weighted by Crippen LogP contribution is 2.16. The van der Waals surface area contributed by atoms with Crippen LogP contribution in [-0.4, -0.2) is 44.7 Å². The summed E-state index contributed by atoms with van der Waals surface area (Å²) in [5.74, 6) is 0.460. The second-order valence-electron chi connectivity index (χ2n) is 5.26. The molecule has 26 heavy (non-hydrogen) atoms. The van der Waals surface area contributed by atoms with Crippen LogP contribution in [0.3, 0.4) is 0 Å². The Morgan fingerprint density at radius 3 is 2.96 bits per heavy atom. The van der Waals surface area contributed by atoms with E-state index < -0.39 is 11.5 Å². The number of aromatic nitrogens is 5. The smallest absolute Gasteiger partial charge is 0.264 e. The zero-order chi connectivity index (χ0) is 18.5. The number of aryl methyl sites for hydroxylation is 1. The second-order valence-corrected chi connectivity index (χ2v) is 6.32. The van der Waals surface area contributed by atoms with E-state index in [1.54, 1.807) is 12.5 Å². The van der Waals surface area contributed by atoms with E-state index in [9.17, 15) is 9.59 Å². The van der Waals surface area contributed by atoms with Gasteiger partial charge in [0.15, 0.2) is 11.6 Å². The number of carbonyl (C=O) groups excluding carboxylic acids is 1. The fourth-order valence-corrected chi connectivity index (χ4v) is 2.66. The Bertz CT molecular complexity index is 963. The minimum absolute atomic E-state index is 0.0296. The molecule has 0 atom stereocenters. The number of rotatable bonds is 7. The summed E-state index contributed by atoms with van der Waals surface area (Å²) < 4.78 is 9.94. The molecule has 0 spiro atoms. The van der Waals surface area contributed by atoms with Crippen LogP contribution in [-0.2, 0) is 17.7 Å². The van der Waals surface area contributed by atoms with Gasteiger partial charge in [-0.15, -0.1) is 11.3 Å². The molecule has 136 valence electrons. The molecule has 1 amide bonds. The van der Waals surface area contributed by atoms with Gasteiger partial charge in [0.25, 0.3) is 11.5 Å². The average molecular weight is 376 g/mol. The molecule has 11 heteroatoms. The molecule has 3 aromatic heterocycles. The van der Waals surface area contributed by atoms with Gasteiger partial charge in [-0.1, -0.05) is 5.16 Å². The van der Waals surface area contributed by atoms with E-state index in [1.807, 2.05) is 6.92 Å². The Morgan fingerprint density at radius 2 is 2.27 bits per heavy atom. The van der Waals surface area contributed by atoms with E-state index in [2.05, 4.69) is 30.4 Å². The number of amides is 1. The van der Waals surface area contributed by atoms with Crippen molar-refractivity contribution in [2.24, 2.45) is 0 Å². The molecule has 0 aliphatic rings. The van der Waals surface area contributed by atoms with Crippen LogP contribution >= 0.6 is 11.3 Å². The van der Waals surface area contributed by atoms with Gasteiger partial charge in [0.1, 0.15) is 11.3 Å². The summed E-state index contributed by atoms with van der Waals surface area (Å²) in [6, 6.07) is 0. The highest BCUT2D eigenvalue weighted by Gasteiger charge is 2.15. The number of nitrogens with zero attached hydrogens (tertiary/aromatic N) is 4. The number of methoxy groups -OCH3 is 1. The summed E-state index contributed by atoms with van der Waals surface area (Å²) in [5.41, 5.74) is -0.0946. The number of aromatic amines is 1. The fraction of sp³-hybridized carbons (Fsp3) is 0.333. The van der Waals surface area contributed by atoms with Crippen LogP contribution in [0, 0.1) is 6.92 Å². The first-order valence-electron chi connectivity index (χ1n) is 7.67. The number of hydrogen-bond acceptors (Lipinski definition) is 9. The molecule has 10 nitrogen and oxygen atoms in total. The van der Waals surface area contributed by atoms with Crippen LogP contribution in [0.4, 0.5) is 0 Å². The van der Waals surface area contributed by atoms with Crippen LogP contribution in [0.25, 0.3) is 11.5 Å². The largest absolute Gasteiger partial charge is 0.384 e. The van der Waals surface area contributed by atoms with Crippen molar-refractivity contribution >= 4 is 17.2 Å². The molecule has 0 radical (unpaired) electrons. The van der Waals surface area contributed by atoms with E-state index >= 15 is 0 Å². The van der Waals surface area contributed by atoms with Gasteiger partial charge in [0, 0.05) is 18.7 Å². The number of carbonyl (C=O) groups is 1. The molecule has 2 N–H and O–H groups in total.